The summed E-state index contributed by atoms with van der Waals surface area (Å²) in [6.07, 6.45) is 0.0357. The highest BCUT2D eigenvalue weighted by molar-refractivity contribution is 6.32. The first-order valence-electron chi connectivity index (χ1n) is 5.99. The normalized spacial score (nSPS) is 11.1. The van der Waals surface area contributed by atoms with Crippen LogP contribution in [0, 0.1) is 0 Å². The van der Waals surface area contributed by atoms with E-state index in [1.54, 1.807) is 12.1 Å². The molecule has 0 saturated carbocycles. The zero-order valence-electron chi connectivity index (χ0n) is 11.1. The van der Waals surface area contributed by atoms with Crippen molar-refractivity contribution in [1.29, 1.82) is 0 Å². The summed E-state index contributed by atoms with van der Waals surface area (Å²) in [5, 5.41) is 10.6. The van der Waals surface area contributed by atoms with Crippen LogP contribution in [0.25, 0.3) is 10.9 Å². The fraction of sp³-hybridized carbons (Fsp3) is 0.357. The Kier molecular flexibility index (Phi) is 4.12. The van der Waals surface area contributed by atoms with Gasteiger partial charge in [-0.3, -0.25) is 0 Å². The van der Waals surface area contributed by atoms with Gasteiger partial charge < -0.3 is 14.6 Å². The van der Waals surface area contributed by atoms with Gasteiger partial charge in [0.15, 0.2) is 0 Å². The molecule has 0 saturated heterocycles. The zero-order chi connectivity index (χ0) is 14.0. The Balaban J connectivity index is 2.58. The highest BCUT2D eigenvalue weighted by atomic mass is 35.5. The van der Waals surface area contributed by atoms with Gasteiger partial charge in [0.1, 0.15) is 5.75 Å². The minimum absolute atomic E-state index is 0.0357. The first kappa shape index (κ1) is 13.9. The zero-order valence-corrected chi connectivity index (χ0v) is 11.9. The number of aliphatic hydroxyl groups excluding tert-OH is 1. The van der Waals surface area contributed by atoms with Crippen molar-refractivity contribution in [3.63, 3.8) is 0 Å². The molecule has 0 radical (unpaired) electrons. The largest absolute Gasteiger partial charge is 0.489 e. The number of aliphatic hydroxyl groups is 1. The molecule has 0 aliphatic carbocycles. The third-order valence-corrected chi connectivity index (χ3v) is 2.93. The van der Waals surface area contributed by atoms with E-state index in [9.17, 15) is 5.11 Å². The Morgan fingerprint density at radius 3 is 2.63 bits per heavy atom. The second kappa shape index (κ2) is 5.63. The number of fused-ring (bicyclic) bond motifs is 1. The van der Waals surface area contributed by atoms with Gasteiger partial charge in [-0.2, -0.15) is 0 Å². The van der Waals surface area contributed by atoms with E-state index >= 15 is 0 Å². The SMILES string of the molecule is COc1nc2cc(OC(C)C)c(Cl)cc2cc1CO. The van der Waals surface area contributed by atoms with Crippen LogP contribution in [0.4, 0.5) is 0 Å². The van der Waals surface area contributed by atoms with Crippen LogP contribution in [-0.4, -0.2) is 23.3 Å². The van der Waals surface area contributed by atoms with Gasteiger partial charge in [-0.25, -0.2) is 4.98 Å². The average Bonchev–Trinajstić information content (AvgIpc) is 2.37. The predicted octanol–water partition coefficient (Wildman–Crippen LogP) is 3.18. The van der Waals surface area contributed by atoms with Gasteiger partial charge in [-0.1, -0.05) is 11.6 Å². The molecule has 0 fully saturated rings. The van der Waals surface area contributed by atoms with E-state index < -0.39 is 0 Å². The molecule has 5 heteroatoms. The molecule has 0 aliphatic heterocycles. The number of pyridine rings is 1. The van der Waals surface area contributed by atoms with E-state index in [0.717, 1.165) is 5.39 Å². The van der Waals surface area contributed by atoms with Gasteiger partial charge in [-0.05, 0) is 26.0 Å². The first-order valence-corrected chi connectivity index (χ1v) is 6.37. The molecule has 0 aliphatic rings. The van der Waals surface area contributed by atoms with Gasteiger partial charge in [0.05, 0.1) is 30.4 Å². The summed E-state index contributed by atoms with van der Waals surface area (Å²) in [4.78, 5) is 4.35. The van der Waals surface area contributed by atoms with Crippen LogP contribution in [0.1, 0.15) is 19.4 Å². The minimum Gasteiger partial charge on any atom is -0.489 e. The van der Waals surface area contributed by atoms with Crippen molar-refractivity contribution in [3.8, 4) is 11.6 Å². The predicted molar refractivity (Wildman–Crippen MR) is 75.0 cm³/mol. The molecular formula is C14H16ClNO3. The molecule has 0 spiro atoms. The van der Waals surface area contributed by atoms with Gasteiger partial charge in [0, 0.05) is 17.0 Å². The van der Waals surface area contributed by atoms with Gasteiger partial charge >= 0.3 is 0 Å². The van der Waals surface area contributed by atoms with E-state index in [4.69, 9.17) is 21.1 Å². The van der Waals surface area contributed by atoms with E-state index in [1.165, 1.54) is 7.11 Å². The quantitative estimate of drug-likeness (QED) is 0.935. The number of aromatic nitrogens is 1. The maximum atomic E-state index is 9.27. The van der Waals surface area contributed by atoms with Gasteiger partial charge in [0.2, 0.25) is 5.88 Å². The molecule has 0 amide bonds. The lowest BCUT2D eigenvalue weighted by Crippen LogP contribution is -2.06. The van der Waals surface area contributed by atoms with Crippen LogP contribution in [0.5, 0.6) is 11.6 Å². The second-order valence-electron chi connectivity index (χ2n) is 4.46. The van der Waals surface area contributed by atoms with E-state index in [1.807, 2.05) is 19.9 Å². The molecule has 1 aromatic heterocycles. The standard InChI is InChI=1S/C14H16ClNO3/c1-8(2)19-13-6-12-9(5-11(13)15)4-10(7-17)14(16-12)18-3/h4-6,8,17H,7H2,1-3H3. The molecule has 0 unspecified atom stereocenters. The first-order chi connectivity index (χ1) is 9.05. The number of methoxy groups -OCH3 is 1. The Labute approximate surface area is 116 Å². The Morgan fingerprint density at radius 2 is 2.05 bits per heavy atom. The molecule has 1 N–H and O–H groups in total. The monoisotopic (exact) mass is 281 g/mol. The summed E-state index contributed by atoms with van der Waals surface area (Å²) < 4.78 is 10.8. The molecule has 2 rings (SSSR count). The van der Waals surface area contributed by atoms with Crippen molar-refractivity contribution in [1.82, 2.24) is 4.98 Å². The molecule has 102 valence electrons. The van der Waals surface area contributed by atoms with Crippen LogP contribution in [-0.2, 0) is 6.61 Å². The Morgan fingerprint density at radius 1 is 1.32 bits per heavy atom. The van der Waals surface area contributed by atoms with Crippen LogP contribution in [0.2, 0.25) is 5.02 Å². The third-order valence-electron chi connectivity index (χ3n) is 2.63. The molecule has 0 bridgehead atoms. The number of benzene rings is 1. The summed E-state index contributed by atoms with van der Waals surface area (Å²) in [6.45, 7) is 3.74. The average molecular weight is 282 g/mol. The summed E-state index contributed by atoms with van der Waals surface area (Å²) in [5.74, 6) is 1.00. The van der Waals surface area contributed by atoms with Crippen molar-refractivity contribution in [2.45, 2.75) is 26.6 Å². The van der Waals surface area contributed by atoms with Crippen molar-refractivity contribution in [2.24, 2.45) is 0 Å². The number of ether oxygens (including phenoxy) is 2. The molecule has 1 aromatic carbocycles. The third kappa shape index (κ3) is 2.91. The minimum atomic E-state index is -0.131. The molecule has 1 heterocycles. The second-order valence-corrected chi connectivity index (χ2v) is 4.86. The maximum Gasteiger partial charge on any atom is 0.219 e. The van der Waals surface area contributed by atoms with Crippen LogP contribution in [0.15, 0.2) is 18.2 Å². The number of hydrogen-bond donors (Lipinski definition) is 1. The lowest BCUT2D eigenvalue weighted by molar-refractivity contribution is 0.243. The molecular weight excluding hydrogens is 266 g/mol. The highest BCUT2D eigenvalue weighted by Gasteiger charge is 2.11. The Hall–Kier alpha value is -1.52. The van der Waals surface area contributed by atoms with Crippen LogP contribution >= 0.6 is 11.6 Å². The van der Waals surface area contributed by atoms with Crippen LogP contribution in [0.3, 0.4) is 0 Å². The van der Waals surface area contributed by atoms with Crippen molar-refractivity contribution >= 4 is 22.5 Å². The summed E-state index contributed by atoms with van der Waals surface area (Å²) in [5.41, 5.74) is 1.35. The van der Waals surface area contributed by atoms with E-state index in [2.05, 4.69) is 4.98 Å². The fourth-order valence-corrected chi connectivity index (χ4v) is 2.05. The fourth-order valence-electron chi connectivity index (χ4n) is 1.84. The summed E-state index contributed by atoms with van der Waals surface area (Å²) in [7, 11) is 1.52. The van der Waals surface area contributed by atoms with E-state index in [-0.39, 0.29) is 12.7 Å². The number of halogens is 1. The van der Waals surface area contributed by atoms with E-state index in [0.29, 0.717) is 27.7 Å². The van der Waals surface area contributed by atoms with Gasteiger partial charge in [0.25, 0.3) is 0 Å². The summed E-state index contributed by atoms with van der Waals surface area (Å²) in [6, 6.07) is 5.37. The molecule has 19 heavy (non-hydrogen) atoms. The van der Waals surface area contributed by atoms with Crippen molar-refractivity contribution in [2.75, 3.05) is 7.11 Å². The lowest BCUT2D eigenvalue weighted by Gasteiger charge is -2.13. The van der Waals surface area contributed by atoms with Crippen molar-refractivity contribution in [3.05, 3.63) is 28.8 Å². The topological polar surface area (TPSA) is 51.6 Å². The summed E-state index contributed by atoms with van der Waals surface area (Å²) >= 11 is 6.17. The number of hydrogen-bond acceptors (Lipinski definition) is 4. The molecule has 0 atom stereocenters. The number of rotatable bonds is 4. The van der Waals surface area contributed by atoms with Gasteiger partial charge in [-0.15, -0.1) is 0 Å². The van der Waals surface area contributed by atoms with Crippen LogP contribution < -0.4 is 9.47 Å². The maximum absolute atomic E-state index is 9.27. The molecule has 2 aromatic rings. The molecule has 4 nitrogen and oxygen atoms in total. The number of nitrogens with zero attached hydrogens (tertiary/aromatic N) is 1. The smallest absolute Gasteiger partial charge is 0.219 e. The highest BCUT2D eigenvalue weighted by Crippen LogP contribution is 2.32. The lowest BCUT2D eigenvalue weighted by atomic mass is 10.1. The van der Waals surface area contributed by atoms with Crippen molar-refractivity contribution < 1.29 is 14.6 Å². The Bertz CT molecular complexity index is 599.